The van der Waals surface area contributed by atoms with Crippen molar-refractivity contribution >= 4 is 17.2 Å². The van der Waals surface area contributed by atoms with E-state index in [0.717, 1.165) is 21.8 Å². The van der Waals surface area contributed by atoms with E-state index in [9.17, 15) is 4.79 Å². The topological polar surface area (TPSA) is 42.2 Å². The van der Waals surface area contributed by atoms with E-state index in [4.69, 9.17) is 4.42 Å². The number of rotatable bonds is 4. The first-order valence-electron chi connectivity index (χ1n) is 6.69. The number of furan rings is 1. The molecule has 1 N–H and O–H groups in total. The van der Waals surface area contributed by atoms with Crippen LogP contribution in [0.4, 0.5) is 0 Å². The van der Waals surface area contributed by atoms with Crippen LogP contribution in [0, 0.1) is 6.92 Å². The summed E-state index contributed by atoms with van der Waals surface area (Å²) in [5.41, 5.74) is 1.98. The molecule has 0 fully saturated rings. The highest BCUT2D eigenvalue weighted by Gasteiger charge is 2.21. The van der Waals surface area contributed by atoms with Gasteiger partial charge in [-0.15, -0.1) is 11.3 Å². The molecule has 0 aliphatic rings. The number of thiophene rings is 1. The van der Waals surface area contributed by atoms with Crippen LogP contribution >= 0.6 is 11.3 Å². The SMILES string of the molecule is Cc1ccsc1C(=O)NC(c1ccccc1)c1ccco1. The molecule has 3 nitrogen and oxygen atoms in total. The third-order valence-electron chi connectivity index (χ3n) is 3.30. The Labute approximate surface area is 127 Å². The van der Waals surface area contributed by atoms with Crippen molar-refractivity contribution in [2.24, 2.45) is 0 Å². The Balaban J connectivity index is 1.91. The fourth-order valence-electron chi connectivity index (χ4n) is 2.22. The monoisotopic (exact) mass is 297 g/mol. The number of carbonyl (C=O) groups excluding carboxylic acids is 1. The maximum atomic E-state index is 12.5. The summed E-state index contributed by atoms with van der Waals surface area (Å²) >= 11 is 1.45. The smallest absolute Gasteiger partial charge is 0.262 e. The van der Waals surface area contributed by atoms with Crippen LogP contribution in [0.3, 0.4) is 0 Å². The molecule has 1 unspecified atom stereocenters. The summed E-state index contributed by atoms with van der Waals surface area (Å²) in [6, 6.07) is 15.2. The lowest BCUT2D eigenvalue weighted by atomic mass is 10.0. The Bertz CT molecular complexity index is 716. The summed E-state index contributed by atoms with van der Waals surface area (Å²) < 4.78 is 5.49. The average molecular weight is 297 g/mol. The van der Waals surface area contributed by atoms with Crippen LogP contribution in [0.15, 0.2) is 64.6 Å². The Morgan fingerprint density at radius 1 is 1.14 bits per heavy atom. The van der Waals surface area contributed by atoms with Crippen molar-refractivity contribution in [3.63, 3.8) is 0 Å². The molecule has 1 amide bonds. The zero-order valence-electron chi connectivity index (χ0n) is 11.6. The lowest BCUT2D eigenvalue weighted by Gasteiger charge is -2.17. The second-order valence-electron chi connectivity index (χ2n) is 4.77. The van der Waals surface area contributed by atoms with E-state index >= 15 is 0 Å². The first-order chi connectivity index (χ1) is 10.3. The van der Waals surface area contributed by atoms with Gasteiger partial charge in [0.15, 0.2) is 0 Å². The van der Waals surface area contributed by atoms with Crippen molar-refractivity contribution in [1.29, 1.82) is 0 Å². The molecule has 0 spiro atoms. The van der Waals surface area contributed by atoms with Crippen molar-refractivity contribution in [2.75, 3.05) is 0 Å². The minimum Gasteiger partial charge on any atom is -0.467 e. The lowest BCUT2D eigenvalue weighted by molar-refractivity contribution is 0.0942. The van der Waals surface area contributed by atoms with Gasteiger partial charge in [-0.2, -0.15) is 0 Å². The van der Waals surface area contributed by atoms with E-state index in [1.807, 2.05) is 60.8 Å². The second-order valence-corrected chi connectivity index (χ2v) is 5.68. The molecule has 3 aromatic rings. The Kier molecular flexibility index (Phi) is 3.88. The predicted octanol–water partition coefficient (Wildman–Crippen LogP) is 4.17. The maximum absolute atomic E-state index is 12.5. The van der Waals surface area contributed by atoms with Crippen LogP contribution in [0.1, 0.15) is 32.6 Å². The van der Waals surface area contributed by atoms with Gasteiger partial charge in [-0.05, 0) is 41.6 Å². The number of nitrogens with one attached hydrogen (secondary N) is 1. The van der Waals surface area contributed by atoms with Crippen LogP contribution in [0.5, 0.6) is 0 Å². The van der Waals surface area contributed by atoms with Crippen molar-refractivity contribution < 1.29 is 9.21 Å². The average Bonchev–Trinajstić information content (AvgIpc) is 3.17. The van der Waals surface area contributed by atoms with Crippen LogP contribution in [-0.4, -0.2) is 5.91 Å². The fraction of sp³-hybridized carbons (Fsp3) is 0.118. The molecule has 2 aromatic heterocycles. The summed E-state index contributed by atoms with van der Waals surface area (Å²) in [6.07, 6.45) is 1.62. The van der Waals surface area contributed by atoms with Gasteiger partial charge in [-0.3, -0.25) is 4.79 Å². The van der Waals surface area contributed by atoms with Gasteiger partial charge in [0, 0.05) is 0 Å². The summed E-state index contributed by atoms with van der Waals surface area (Å²) in [7, 11) is 0. The Morgan fingerprint density at radius 3 is 2.57 bits per heavy atom. The molecule has 0 saturated carbocycles. The normalized spacial score (nSPS) is 12.0. The van der Waals surface area contributed by atoms with E-state index in [2.05, 4.69) is 5.32 Å². The predicted molar refractivity (Wildman–Crippen MR) is 83.5 cm³/mol. The van der Waals surface area contributed by atoms with Gasteiger partial charge in [-0.1, -0.05) is 30.3 Å². The number of aryl methyl sites for hydroxylation is 1. The van der Waals surface area contributed by atoms with Gasteiger partial charge < -0.3 is 9.73 Å². The minimum absolute atomic E-state index is 0.0762. The first-order valence-corrected chi connectivity index (χ1v) is 7.57. The van der Waals surface area contributed by atoms with E-state index < -0.39 is 0 Å². The molecular weight excluding hydrogens is 282 g/mol. The van der Waals surface area contributed by atoms with Gasteiger partial charge in [0.2, 0.25) is 0 Å². The number of amides is 1. The third-order valence-corrected chi connectivity index (χ3v) is 4.32. The molecular formula is C17H15NO2S. The first kappa shape index (κ1) is 13.6. The van der Waals surface area contributed by atoms with Gasteiger partial charge in [0.1, 0.15) is 11.8 Å². The van der Waals surface area contributed by atoms with Crippen molar-refractivity contribution in [3.8, 4) is 0 Å². The van der Waals surface area contributed by atoms with Crippen LogP contribution in [0.2, 0.25) is 0 Å². The Morgan fingerprint density at radius 2 is 1.95 bits per heavy atom. The molecule has 4 heteroatoms. The van der Waals surface area contributed by atoms with Gasteiger partial charge in [0.05, 0.1) is 11.1 Å². The molecule has 1 aromatic carbocycles. The highest BCUT2D eigenvalue weighted by Crippen LogP contribution is 2.24. The molecule has 0 saturated heterocycles. The number of hydrogen-bond acceptors (Lipinski definition) is 3. The number of carbonyl (C=O) groups is 1. The van der Waals surface area contributed by atoms with Crippen molar-refractivity contribution in [2.45, 2.75) is 13.0 Å². The van der Waals surface area contributed by atoms with Gasteiger partial charge in [0.25, 0.3) is 5.91 Å². The quantitative estimate of drug-likeness (QED) is 0.785. The second kappa shape index (κ2) is 5.97. The van der Waals surface area contributed by atoms with Gasteiger partial charge in [-0.25, -0.2) is 0 Å². The van der Waals surface area contributed by atoms with Crippen LogP contribution in [0.25, 0.3) is 0 Å². The zero-order chi connectivity index (χ0) is 14.7. The standard InChI is InChI=1S/C17H15NO2S/c1-12-9-11-21-16(12)17(19)18-15(14-8-5-10-20-14)13-6-3-2-4-7-13/h2-11,15H,1H3,(H,18,19). The number of benzene rings is 1. The van der Waals surface area contributed by atoms with Gasteiger partial charge >= 0.3 is 0 Å². The van der Waals surface area contributed by atoms with Crippen molar-refractivity contribution in [3.05, 3.63) is 81.9 Å². The van der Waals surface area contributed by atoms with Crippen LogP contribution < -0.4 is 5.32 Å². The molecule has 21 heavy (non-hydrogen) atoms. The molecule has 106 valence electrons. The molecule has 1 atom stereocenters. The number of hydrogen-bond donors (Lipinski definition) is 1. The molecule has 0 aliphatic carbocycles. The molecule has 0 bridgehead atoms. The summed E-state index contributed by atoms with van der Waals surface area (Å²) in [5.74, 6) is 0.650. The molecule has 2 heterocycles. The Hall–Kier alpha value is -2.33. The van der Waals surface area contributed by atoms with Crippen LogP contribution in [-0.2, 0) is 0 Å². The summed E-state index contributed by atoms with van der Waals surface area (Å²) in [6.45, 7) is 1.94. The molecule has 0 radical (unpaired) electrons. The summed E-state index contributed by atoms with van der Waals surface area (Å²) in [4.78, 5) is 13.2. The largest absolute Gasteiger partial charge is 0.467 e. The van der Waals surface area contributed by atoms with E-state index in [0.29, 0.717) is 0 Å². The third kappa shape index (κ3) is 2.90. The summed E-state index contributed by atoms with van der Waals surface area (Å²) in [5, 5.41) is 4.98. The molecule has 0 aliphatic heterocycles. The zero-order valence-corrected chi connectivity index (χ0v) is 12.4. The van der Waals surface area contributed by atoms with E-state index in [-0.39, 0.29) is 11.9 Å². The lowest BCUT2D eigenvalue weighted by Crippen LogP contribution is -2.28. The highest BCUT2D eigenvalue weighted by molar-refractivity contribution is 7.12. The minimum atomic E-state index is -0.282. The maximum Gasteiger partial charge on any atom is 0.262 e. The highest BCUT2D eigenvalue weighted by atomic mass is 32.1. The van der Waals surface area contributed by atoms with E-state index in [1.165, 1.54) is 11.3 Å². The van der Waals surface area contributed by atoms with E-state index in [1.54, 1.807) is 6.26 Å². The fourth-order valence-corrected chi connectivity index (χ4v) is 3.05. The molecule has 3 rings (SSSR count). The van der Waals surface area contributed by atoms with Crippen molar-refractivity contribution in [1.82, 2.24) is 5.32 Å².